The summed E-state index contributed by atoms with van der Waals surface area (Å²) in [6.07, 6.45) is -11.1. The van der Waals surface area contributed by atoms with Gasteiger partial charge in [-0.3, -0.25) is 4.57 Å². The summed E-state index contributed by atoms with van der Waals surface area (Å²) in [5, 5.41) is -2.20. The summed E-state index contributed by atoms with van der Waals surface area (Å²) in [6, 6.07) is 0. The first-order chi connectivity index (χ1) is 10.3. The Morgan fingerprint density at radius 2 is 1.74 bits per heavy atom. The summed E-state index contributed by atoms with van der Waals surface area (Å²) >= 11 is 0. The molecule has 0 radical (unpaired) electrons. The normalized spacial score (nSPS) is 29.3. The van der Waals surface area contributed by atoms with Crippen LogP contribution in [0.1, 0.15) is 58.3 Å². The highest BCUT2D eigenvalue weighted by atomic mass is 31.2. The van der Waals surface area contributed by atoms with Crippen LogP contribution in [0.2, 0.25) is 0 Å². The molecule has 0 aromatic heterocycles. The van der Waals surface area contributed by atoms with Gasteiger partial charge in [-0.05, 0) is 25.2 Å². The summed E-state index contributed by atoms with van der Waals surface area (Å²) in [7, 11) is -5.06. The van der Waals surface area contributed by atoms with Gasteiger partial charge < -0.3 is 4.89 Å². The quantitative estimate of drug-likeness (QED) is 0.469. The van der Waals surface area contributed by atoms with E-state index in [-0.39, 0.29) is 25.7 Å². The van der Waals surface area contributed by atoms with E-state index in [4.69, 9.17) is 0 Å². The van der Waals surface area contributed by atoms with E-state index in [0.29, 0.717) is 19.3 Å². The Morgan fingerprint density at radius 3 is 2.22 bits per heavy atom. The van der Waals surface area contributed by atoms with E-state index in [9.17, 15) is 35.8 Å². The molecular formula is C14H23F6O2P. The van der Waals surface area contributed by atoms with Gasteiger partial charge in [-0.25, -0.2) is 0 Å². The topological polar surface area (TPSA) is 37.3 Å². The molecule has 138 valence electrons. The van der Waals surface area contributed by atoms with Gasteiger partial charge in [0.1, 0.15) is 6.16 Å². The molecule has 1 aliphatic rings. The fourth-order valence-corrected chi connectivity index (χ4v) is 6.29. The predicted molar refractivity (Wildman–Crippen MR) is 75.6 cm³/mol. The largest absolute Gasteiger partial charge is 0.398 e. The third kappa shape index (κ3) is 5.66. The maximum atomic E-state index is 13.0. The molecule has 0 saturated heterocycles. The molecule has 1 saturated carbocycles. The van der Waals surface area contributed by atoms with Crippen molar-refractivity contribution in [2.75, 3.05) is 6.16 Å². The average Bonchev–Trinajstić information content (AvgIpc) is 2.32. The van der Waals surface area contributed by atoms with Crippen LogP contribution in [0.15, 0.2) is 0 Å². The lowest BCUT2D eigenvalue weighted by molar-refractivity contribution is -0.149. The predicted octanol–water partition coefficient (Wildman–Crippen LogP) is 5.89. The molecule has 3 unspecified atom stereocenters. The first-order valence-corrected chi connectivity index (χ1v) is 9.63. The van der Waals surface area contributed by atoms with Crippen molar-refractivity contribution >= 4 is 7.37 Å². The van der Waals surface area contributed by atoms with Crippen molar-refractivity contribution in [3.8, 4) is 0 Å². The van der Waals surface area contributed by atoms with Crippen LogP contribution in [0, 0.1) is 5.92 Å². The van der Waals surface area contributed by atoms with Crippen LogP contribution in [-0.2, 0) is 4.57 Å². The third-order valence-corrected chi connectivity index (χ3v) is 7.60. The lowest BCUT2D eigenvalue weighted by Gasteiger charge is -2.47. The average molecular weight is 368 g/mol. The molecule has 0 aliphatic heterocycles. The molecule has 0 aromatic carbocycles. The summed E-state index contributed by atoms with van der Waals surface area (Å²) in [5.74, 6) is -0.795. The standard InChI is InChI=1S/C14H23F6O2P/c1-2-3-6-11-7-4-5-8-12(11,9-13(15,16)17)23(21,22)10-14(18,19)20/h11H,2-10H2,1H3,(H,21,22). The Morgan fingerprint density at radius 1 is 1.13 bits per heavy atom. The van der Waals surface area contributed by atoms with E-state index in [1.54, 1.807) is 0 Å². The van der Waals surface area contributed by atoms with Crippen LogP contribution in [0.4, 0.5) is 26.3 Å². The molecule has 3 atom stereocenters. The van der Waals surface area contributed by atoms with Crippen molar-refractivity contribution < 1.29 is 35.8 Å². The van der Waals surface area contributed by atoms with E-state index in [2.05, 4.69) is 0 Å². The number of hydrogen-bond donors (Lipinski definition) is 1. The smallest absolute Gasteiger partial charge is 0.344 e. The number of halogens is 6. The second kappa shape index (κ2) is 7.34. The lowest BCUT2D eigenvalue weighted by atomic mass is 9.74. The molecule has 23 heavy (non-hydrogen) atoms. The molecule has 1 aliphatic carbocycles. The molecule has 1 rings (SSSR count). The van der Waals surface area contributed by atoms with Gasteiger partial charge in [0.05, 0.1) is 11.6 Å². The van der Waals surface area contributed by atoms with E-state index in [0.717, 1.165) is 0 Å². The van der Waals surface area contributed by atoms with Gasteiger partial charge in [0.15, 0.2) is 0 Å². The molecule has 0 amide bonds. The Hall–Kier alpha value is -0.230. The van der Waals surface area contributed by atoms with Gasteiger partial charge in [-0.2, -0.15) is 26.3 Å². The Labute approximate surface area is 132 Å². The van der Waals surface area contributed by atoms with Gasteiger partial charge in [-0.1, -0.05) is 32.6 Å². The molecule has 0 aromatic rings. The number of unbranched alkanes of at least 4 members (excludes halogenated alkanes) is 1. The number of rotatable bonds is 6. The highest BCUT2D eigenvalue weighted by molar-refractivity contribution is 7.59. The summed E-state index contributed by atoms with van der Waals surface area (Å²) in [5.41, 5.74) is 0. The van der Waals surface area contributed by atoms with Gasteiger partial charge >= 0.3 is 12.4 Å². The minimum atomic E-state index is -5.06. The van der Waals surface area contributed by atoms with Gasteiger partial charge in [0.2, 0.25) is 7.37 Å². The summed E-state index contributed by atoms with van der Waals surface area (Å²) in [6.45, 7) is 1.82. The highest BCUT2D eigenvalue weighted by Crippen LogP contribution is 2.68. The number of alkyl halides is 6. The van der Waals surface area contributed by atoms with Crippen molar-refractivity contribution in [2.45, 2.75) is 75.8 Å². The minimum Gasteiger partial charge on any atom is -0.344 e. The van der Waals surface area contributed by atoms with Crippen LogP contribution >= 0.6 is 7.37 Å². The number of hydrogen-bond acceptors (Lipinski definition) is 1. The molecule has 0 bridgehead atoms. The fourth-order valence-electron chi connectivity index (χ4n) is 3.72. The molecule has 0 heterocycles. The second-order valence-electron chi connectivity index (χ2n) is 6.46. The monoisotopic (exact) mass is 368 g/mol. The molecule has 2 nitrogen and oxygen atoms in total. The van der Waals surface area contributed by atoms with Crippen LogP contribution < -0.4 is 0 Å². The first-order valence-electron chi connectivity index (χ1n) is 7.78. The molecule has 1 N–H and O–H groups in total. The zero-order valence-corrected chi connectivity index (χ0v) is 13.9. The van der Waals surface area contributed by atoms with E-state index in [1.165, 1.54) is 0 Å². The minimum absolute atomic E-state index is 0.251. The van der Waals surface area contributed by atoms with E-state index >= 15 is 0 Å². The Kier molecular flexibility index (Phi) is 6.64. The van der Waals surface area contributed by atoms with Crippen molar-refractivity contribution in [2.24, 2.45) is 5.92 Å². The zero-order chi connectivity index (χ0) is 17.9. The molecular weight excluding hydrogens is 345 g/mol. The second-order valence-corrected chi connectivity index (χ2v) is 9.07. The van der Waals surface area contributed by atoms with Crippen molar-refractivity contribution in [1.82, 2.24) is 0 Å². The molecule has 0 spiro atoms. The molecule has 9 heteroatoms. The first kappa shape index (κ1) is 20.8. The zero-order valence-electron chi connectivity index (χ0n) is 13.0. The van der Waals surface area contributed by atoms with Gasteiger partial charge in [-0.15, -0.1) is 0 Å². The van der Waals surface area contributed by atoms with Crippen molar-refractivity contribution in [3.05, 3.63) is 0 Å². The highest BCUT2D eigenvalue weighted by Gasteiger charge is 2.60. The van der Waals surface area contributed by atoms with Crippen LogP contribution in [0.25, 0.3) is 0 Å². The maximum Gasteiger partial charge on any atom is 0.398 e. The van der Waals surface area contributed by atoms with Crippen molar-refractivity contribution in [1.29, 1.82) is 0 Å². The van der Waals surface area contributed by atoms with Gasteiger partial charge in [0, 0.05) is 0 Å². The van der Waals surface area contributed by atoms with Gasteiger partial charge in [0.25, 0.3) is 0 Å². The molecule has 1 fully saturated rings. The van der Waals surface area contributed by atoms with E-state index < -0.39 is 43.4 Å². The summed E-state index contributed by atoms with van der Waals surface area (Å²) < 4.78 is 89.6. The Bertz CT molecular complexity index is 434. The van der Waals surface area contributed by atoms with Crippen molar-refractivity contribution in [3.63, 3.8) is 0 Å². The fraction of sp³-hybridized carbons (Fsp3) is 1.00. The summed E-state index contributed by atoms with van der Waals surface area (Å²) in [4.78, 5) is 10.1. The maximum absolute atomic E-state index is 13.0. The van der Waals surface area contributed by atoms with Crippen LogP contribution in [-0.4, -0.2) is 28.6 Å². The van der Waals surface area contributed by atoms with E-state index in [1.807, 2.05) is 6.92 Å². The van der Waals surface area contributed by atoms with Crippen LogP contribution in [0.3, 0.4) is 0 Å². The van der Waals surface area contributed by atoms with Crippen LogP contribution in [0.5, 0.6) is 0 Å². The SMILES string of the molecule is CCCCC1CCCCC1(CC(F)(F)F)P(=O)(O)CC(F)(F)F. The Balaban J connectivity index is 3.26. The lowest BCUT2D eigenvalue weighted by Crippen LogP contribution is -2.46. The third-order valence-electron chi connectivity index (χ3n) is 4.67.